The summed E-state index contributed by atoms with van der Waals surface area (Å²) >= 11 is 5.81. The Balaban J connectivity index is 3.12. The van der Waals surface area contributed by atoms with Gasteiger partial charge in [0.15, 0.2) is 0 Å². The zero-order valence-corrected chi connectivity index (χ0v) is 11.4. The molecular formula is C14H21ClO. The Morgan fingerprint density at radius 1 is 1.31 bits per heavy atom. The summed E-state index contributed by atoms with van der Waals surface area (Å²) in [5, 5.41) is 0. The average molecular weight is 241 g/mol. The second-order valence-corrected chi connectivity index (χ2v) is 4.69. The topological polar surface area (TPSA) is 9.23 Å². The van der Waals surface area contributed by atoms with E-state index in [1.165, 1.54) is 16.7 Å². The molecule has 0 aliphatic carbocycles. The fourth-order valence-electron chi connectivity index (χ4n) is 2.01. The van der Waals surface area contributed by atoms with Crippen molar-refractivity contribution in [3.8, 4) is 5.75 Å². The maximum absolute atomic E-state index is 5.81. The van der Waals surface area contributed by atoms with Crippen LogP contribution < -0.4 is 4.74 Å². The van der Waals surface area contributed by atoms with Crippen molar-refractivity contribution < 1.29 is 4.74 Å². The average Bonchev–Trinajstić information content (AvgIpc) is 2.22. The van der Waals surface area contributed by atoms with E-state index in [1.54, 1.807) is 0 Å². The van der Waals surface area contributed by atoms with Crippen LogP contribution in [0.25, 0.3) is 0 Å². The predicted octanol–water partition coefficient (Wildman–Crippen LogP) is 4.43. The zero-order chi connectivity index (χ0) is 12.1. The van der Waals surface area contributed by atoms with Gasteiger partial charge in [-0.3, -0.25) is 0 Å². The highest BCUT2D eigenvalue weighted by Gasteiger charge is 2.14. The Labute approximate surface area is 104 Å². The van der Waals surface area contributed by atoms with Crippen LogP contribution in [-0.2, 0) is 0 Å². The first-order valence-corrected chi connectivity index (χ1v) is 6.43. The van der Waals surface area contributed by atoms with E-state index in [0.29, 0.717) is 18.4 Å². The number of hydrogen-bond donors (Lipinski definition) is 0. The first-order valence-electron chi connectivity index (χ1n) is 5.90. The van der Waals surface area contributed by atoms with Crippen LogP contribution in [0.2, 0.25) is 0 Å². The third-order valence-electron chi connectivity index (χ3n) is 2.81. The fraction of sp³-hybridized carbons (Fsp3) is 0.571. The third-order valence-corrected chi connectivity index (χ3v) is 3.03. The number of halogens is 1. The standard InChI is InChI=1S/C14H21ClO/c1-5-16-14-12(4)8-10(2)9-13(14)11(3)6-7-15/h8-9,11H,5-7H2,1-4H3. The van der Waals surface area contributed by atoms with Crippen molar-refractivity contribution in [2.45, 2.75) is 40.0 Å². The van der Waals surface area contributed by atoms with Crippen molar-refractivity contribution in [3.63, 3.8) is 0 Å². The summed E-state index contributed by atoms with van der Waals surface area (Å²) < 4.78 is 5.75. The first-order chi connectivity index (χ1) is 7.60. The maximum atomic E-state index is 5.81. The highest BCUT2D eigenvalue weighted by atomic mass is 35.5. The van der Waals surface area contributed by atoms with Gasteiger partial charge >= 0.3 is 0 Å². The van der Waals surface area contributed by atoms with Crippen LogP contribution in [0.1, 0.15) is 42.9 Å². The lowest BCUT2D eigenvalue weighted by atomic mass is 9.94. The van der Waals surface area contributed by atoms with Crippen molar-refractivity contribution in [1.82, 2.24) is 0 Å². The van der Waals surface area contributed by atoms with Gasteiger partial charge in [-0.05, 0) is 44.2 Å². The van der Waals surface area contributed by atoms with Gasteiger partial charge in [-0.1, -0.05) is 24.6 Å². The Kier molecular flexibility index (Phi) is 5.14. The predicted molar refractivity (Wildman–Crippen MR) is 70.8 cm³/mol. The van der Waals surface area contributed by atoms with E-state index in [1.807, 2.05) is 6.92 Å². The minimum Gasteiger partial charge on any atom is -0.493 e. The molecule has 1 nitrogen and oxygen atoms in total. The quantitative estimate of drug-likeness (QED) is 0.692. The minimum absolute atomic E-state index is 0.456. The fourth-order valence-corrected chi connectivity index (χ4v) is 2.34. The molecule has 0 aromatic heterocycles. The SMILES string of the molecule is CCOc1c(C)cc(C)cc1C(C)CCCl. The van der Waals surface area contributed by atoms with Crippen molar-refractivity contribution in [1.29, 1.82) is 0 Å². The maximum Gasteiger partial charge on any atom is 0.125 e. The number of aryl methyl sites for hydroxylation is 2. The van der Waals surface area contributed by atoms with Gasteiger partial charge in [-0.15, -0.1) is 11.6 Å². The van der Waals surface area contributed by atoms with Crippen molar-refractivity contribution >= 4 is 11.6 Å². The summed E-state index contributed by atoms with van der Waals surface area (Å²) in [6.07, 6.45) is 0.991. The summed E-state index contributed by atoms with van der Waals surface area (Å²) in [5.74, 6) is 2.20. The van der Waals surface area contributed by atoms with Gasteiger partial charge in [0.2, 0.25) is 0 Å². The molecule has 16 heavy (non-hydrogen) atoms. The molecule has 0 amide bonds. The van der Waals surface area contributed by atoms with Crippen molar-refractivity contribution in [3.05, 3.63) is 28.8 Å². The molecule has 2 heteroatoms. The summed E-state index contributed by atoms with van der Waals surface area (Å²) in [6.45, 7) is 9.17. The Morgan fingerprint density at radius 3 is 2.56 bits per heavy atom. The molecule has 0 heterocycles. The van der Waals surface area contributed by atoms with E-state index in [9.17, 15) is 0 Å². The molecule has 0 fully saturated rings. The molecule has 1 unspecified atom stereocenters. The van der Waals surface area contributed by atoms with Gasteiger partial charge in [0.25, 0.3) is 0 Å². The molecule has 0 radical (unpaired) electrons. The van der Waals surface area contributed by atoms with E-state index in [-0.39, 0.29) is 0 Å². The normalized spacial score (nSPS) is 12.6. The van der Waals surface area contributed by atoms with E-state index >= 15 is 0 Å². The van der Waals surface area contributed by atoms with Gasteiger partial charge < -0.3 is 4.74 Å². The third kappa shape index (κ3) is 3.15. The number of ether oxygens (including phenoxy) is 1. The van der Waals surface area contributed by atoms with Gasteiger partial charge in [0.1, 0.15) is 5.75 Å². The molecule has 0 N–H and O–H groups in total. The summed E-state index contributed by atoms with van der Waals surface area (Å²) in [7, 11) is 0. The van der Waals surface area contributed by atoms with Gasteiger partial charge in [0.05, 0.1) is 6.61 Å². The lowest BCUT2D eigenvalue weighted by molar-refractivity contribution is 0.332. The number of alkyl halides is 1. The molecule has 0 saturated carbocycles. The van der Waals surface area contributed by atoms with Gasteiger partial charge in [0, 0.05) is 5.88 Å². The molecule has 1 aromatic carbocycles. The van der Waals surface area contributed by atoms with Gasteiger partial charge in [-0.25, -0.2) is 0 Å². The van der Waals surface area contributed by atoms with Crippen LogP contribution in [0.5, 0.6) is 5.75 Å². The minimum atomic E-state index is 0.456. The van der Waals surface area contributed by atoms with Gasteiger partial charge in [-0.2, -0.15) is 0 Å². The van der Waals surface area contributed by atoms with Crippen molar-refractivity contribution in [2.24, 2.45) is 0 Å². The summed E-state index contributed by atoms with van der Waals surface area (Å²) in [4.78, 5) is 0. The monoisotopic (exact) mass is 240 g/mol. The zero-order valence-electron chi connectivity index (χ0n) is 10.6. The highest BCUT2D eigenvalue weighted by Crippen LogP contribution is 2.33. The Morgan fingerprint density at radius 2 is 2.00 bits per heavy atom. The molecule has 1 rings (SSSR count). The lowest BCUT2D eigenvalue weighted by Crippen LogP contribution is -2.03. The van der Waals surface area contributed by atoms with Crippen LogP contribution in [0.3, 0.4) is 0 Å². The van der Waals surface area contributed by atoms with Crippen LogP contribution in [-0.4, -0.2) is 12.5 Å². The van der Waals surface area contributed by atoms with E-state index in [2.05, 4.69) is 32.9 Å². The Bertz CT molecular complexity index is 347. The van der Waals surface area contributed by atoms with E-state index in [4.69, 9.17) is 16.3 Å². The van der Waals surface area contributed by atoms with E-state index in [0.717, 1.165) is 12.2 Å². The van der Waals surface area contributed by atoms with Crippen LogP contribution >= 0.6 is 11.6 Å². The molecule has 0 saturated heterocycles. The molecule has 90 valence electrons. The van der Waals surface area contributed by atoms with Crippen molar-refractivity contribution in [2.75, 3.05) is 12.5 Å². The largest absolute Gasteiger partial charge is 0.493 e. The number of rotatable bonds is 5. The second-order valence-electron chi connectivity index (χ2n) is 4.31. The number of hydrogen-bond acceptors (Lipinski definition) is 1. The molecule has 0 spiro atoms. The second kappa shape index (κ2) is 6.15. The molecule has 0 aliphatic heterocycles. The number of benzene rings is 1. The summed E-state index contributed by atoms with van der Waals surface area (Å²) in [5.41, 5.74) is 3.80. The molecule has 1 aromatic rings. The molecule has 1 atom stereocenters. The lowest BCUT2D eigenvalue weighted by Gasteiger charge is -2.18. The molecule has 0 bridgehead atoms. The highest BCUT2D eigenvalue weighted by molar-refractivity contribution is 6.17. The van der Waals surface area contributed by atoms with Crippen LogP contribution in [0.15, 0.2) is 12.1 Å². The van der Waals surface area contributed by atoms with Crippen LogP contribution in [0.4, 0.5) is 0 Å². The summed E-state index contributed by atoms with van der Waals surface area (Å²) in [6, 6.07) is 4.39. The smallest absolute Gasteiger partial charge is 0.125 e. The van der Waals surface area contributed by atoms with E-state index < -0.39 is 0 Å². The molecule has 0 aliphatic rings. The Hall–Kier alpha value is -0.690. The van der Waals surface area contributed by atoms with Crippen LogP contribution in [0, 0.1) is 13.8 Å². The molecular weight excluding hydrogens is 220 g/mol. The first kappa shape index (κ1) is 13.4.